The molecule has 29 heteroatoms. The predicted octanol–water partition coefficient (Wildman–Crippen LogP) is -5.15. The Morgan fingerprint density at radius 3 is 1.25 bits per heavy atom. The fraction of sp³-hybridized carbons (Fsp3) is 0.700. The average Bonchev–Trinajstić information content (AvgIpc) is 3.28. The molecule has 0 unspecified atom stereocenters. The lowest BCUT2D eigenvalue weighted by molar-refractivity contribution is -0.142. The van der Waals surface area contributed by atoms with Crippen LogP contribution in [0.2, 0.25) is 0 Å². The molecule has 392 valence electrons. The van der Waals surface area contributed by atoms with Gasteiger partial charge in [-0.15, -0.1) is 0 Å². The van der Waals surface area contributed by atoms with Crippen molar-refractivity contribution >= 4 is 96.4 Å². The minimum atomic E-state index is -1.86. The maximum atomic E-state index is 14.1. The number of nitrogens with one attached hydrogen (secondary N) is 8. The molecule has 0 spiro atoms. The molecule has 0 aliphatic heterocycles. The number of carbonyl (C=O) groups excluding carboxylic acids is 8. The second kappa shape index (κ2) is 32.6. The number of carboxylic acid groups (broad SMARTS) is 2. The van der Waals surface area contributed by atoms with E-state index in [1.807, 2.05) is 0 Å². The molecule has 0 bridgehead atoms. The first-order valence-electron chi connectivity index (χ1n) is 22.2. The van der Waals surface area contributed by atoms with E-state index in [9.17, 15) is 58.2 Å². The number of aliphatic imine (C=N–C) groups is 2. The van der Waals surface area contributed by atoms with Crippen molar-refractivity contribution in [2.24, 2.45) is 50.5 Å². The highest BCUT2D eigenvalue weighted by molar-refractivity contribution is 7.80. The summed E-state index contributed by atoms with van der Waals surface area (Å²) in [4.78, 5) is 139. The Balaban J connectivity index is 6.73. The van der Waals surface area contributed by atoms with E-state index < -0.39 is 132 Å². The van der Waals surface area contributed by atoms with Crippen LogP contribution in [0.5, 0.6) is 0 Å². The molecule has 0 aromatic carbocycles. The highest BCUT2D eigenvalue weighted by atomic mass is 32.1. The van der Waals surface area contributed by atoms with Crippen LogP contribution in [0, 0.1) is 11.8 Å². The van der Waals surface area contributed by atoms with Crippen LogP contribution >= 0.6 is 25.3 Å². The molecule has 8 amide bonds. The normalized spacial score (nSPS) is 15.7. The number of carboxylic acids is 2. The second-order valence-electron chi connectivity index (χ2n) is 16.3. The van der Waals surface area contributed by atoms with Gasteiger partial charge >= 0.3 is 11.9 Å². The summed E-state index contributed by atoms with van der Waals surface area (Å²) in [5.41, 5.74) is 27.4. The maximum absolute atomic E-state index is 14.1. The van der Waals surface area contributed by atoms with Gasteiger partial charge in [0.15, 0.2) is 11.9 Å². The van der Waals surface area contributed by atoms with Crippen molar-refractivity contribution in [3.8, 4) is 0 Å². The highest BCUT2D eigenvalue weighted by Gasteiger charge is 2.37. The van der Waals surface area contributed by atoms with Gasteiger partial charge < -0.3 is 81.4 Å². The van der Waals surface area contributed by atoms with E-state index in [1.54, 1.807) is 27.7 Å². The zero-order chi connectivity index (χ0) is 53.1. The number of carbonyl (C=O) groups is 10. The topological polar surface area (TPSA) is 462 Å². The summed E-state index contributed by atoms with van der Waals surface area (Å²) in [6.07, 6.45) is -0.481. The average molecular weight is 1020 g/mol. The lowest BCUT2D eigenvalue weighted by atomic mass is 9.94. The molecular weight excluding hydrogens is 947 g/mol. The molecule has 0 saturated heterocycles. The molecular formula is C40H73N15O12S2. The molecule has 0 aliphatic rings. The van der Waals surface area contributed by atoms with E-state index in [2.05, 4.69) is 77.8 Å². The molecule has 0 fully saturated rings. The third kappa shape index (κ3) is 24.1. The molecule has 0 saturated carbocycles. The van der Waals surface area contributed by atoms with Crippen LogP contribution in [0.3, 0.4) is 0 Å². The van der Waals surface area contributed by atoms with E-state index in [1.165, 1.54) is 13.8 Å². The smallest absolute Gasteiger partial charge is 0.327 e. The Morgan fingerprint density at radius 2 is 0.855 bits per heavy atom. The van der Waals surface area contributed by atoms with Crippen molar-refractivity contribution in [1.82, 2.24) is 42.5 Å². The van der Waals surface area contributed by atoms with Crippen LogP contribution < -0.4 is 71.2 Å². The van der Waals surface area contributed by atoms with Gasteiger partial charge in [-0.1, -0.05) is 40.5 Å². The summed E-state index contributed by atoms with van der Waals surface area (Å²) in [5, 5.41) is 38.7. The third-order valence-corrected chi connectivity index (χ3v) is 11.3. The first-order chi connectivity index (χ1) is 32.2. The molecule has 27 nitrogen and oxygen atoms in total. The number of nitrogens with zero attached hydrogens (tertiary/aromatic N) is 2. The van der Waals surface area contributed by atoms with E-state index in [-0.39, 0.29) is 62.2 Å². The van der Waals surface area contributed by atoms with Crippen LogP contribution in [0.4, 0.5) is 0 Å². The van der Waals surface area contributed by atoms with Crippen molar-refractivity contribution in [3.63, 3.8) is 0 Å². The number of hydrogen-bond acceptors (Lipinski definition) is 15. The van der Waals surface area contributed by atoms with Crippen LogP contribution in [0.15, 0.2) is 9.98 Å². The number of hydrogen-bond donors (Lipinski definition) is 17. The Hall–Kier alpha value is -6.10. The first kappa shape index (κ1) is 62.9. The predicted molar refractivity (Wildman–Crippen MR) is 261 cm³/mol. The summed E-state index contributed by atoms with van der Waals surface area (Å²) in [5.74, 6) is -11.9. The molecule has 0 radical (unpaired) electrons. The van der Waals surface area contributed by atoms with Crippen LogP contribution in [-0.4, -0.2) is 160 Å². The number of guanidine groups is 2. The lowest BCUT2D eigenvalue weighted by Crippen LogP contribution is -2.61. The fourth-order valence-corrected chi connectivity index (χ4v) is 6.40. The molecule has 0 aromatic heterocycles. The Labute approximate surface area is 411 Å². The third-order valence-electron chi connectivity index (χ3n) is 10.6. The fourth-order valence-electron chi connectivity index (χ4n) is 5.99. The largest absolute Gasteiger partial charge is 0.481 e. The van der Waals surface area contributed by atoms with Gasteiger partial charge in [-0.2, -0.15) is 25.3 Å². The summed E-state index contributed by atoms with van der Waals surface area (Å²) >= 11 is 7.88. The van der Waals surface area contributed by atoms with Crippen LogP contribution in [0.1, 0.15) is 86.5 Å². The highest BCUT2D eigenvalue weighted by Crippen LogP contribution is 2.14. The minimum absolute atomic E-state index is 0.00729. The number of rotatable bonds is 33. The second-order valence-corrected chi connectivity index (χ2v) is 17.0. The van der Waals surface area contributed by atoms with Crippen molar-refractivity contribution < 1.29 is 58.2 Å². The van der Waals surface area contributed by atoms with Gasteiger partial charge in [0.05, 0.1) is 12.5 Å². The molecule has 0 aliphatic carbocycles. The number of amides is 8. The van der Waals surface area contributed by atoms with Gasteiger partial charge in [0.1, 0.15) is 48.3 Å². The molecule has 69 heavy (non-hydrogen) atoms. The molecule has 0 aromatic rings. The van der Waals surface area contributed by atoms with Gasteiger partial charge in [0.25, 0.3) is 0 Å². The number of aliphatic carboxylic acids is 2. The summed E-state index contributed by atoms with van der Waals surface area (Å²) in [6, 6.07) is -12.2. The Bertz CT molecular complexity index is 1840. The van der Waals surface area contributed by atoms with Gasteiger partial charge in [0.2, 0.25) is 47.3 Å². The zero-order valence-corrected chi connectivity index (χ0v) is 41.6. The Morgan fingerprint density at radius 1 is 0.493 bits per heavy atom. The van der Waals surface area contributed by atoms with Crippen LogP contribution in [-0.2, 0) is 47.9 Å². The SMILES string of the molecule is CC[C@H](C)[C@H](NC(=O)[C@H](CCCN=C(N)N)NC(=O)[C@H](CC(=O)O)NC(=O)[C@H](CCCN=C(N)N)NC(=O)[C@H](C)NC(=O)[C@@H](N)CS)C(=O)N[C@H](C(=O)N[C@@H](C)C(=O)N[C@@H](CS)C(=O)O)[C@@H](C)CC. The maximum Gasteiger partial charge on any atom is 0.327 e. The van der Waals surface area contributed by atoms with Crippen molar-refractivity contribution in [2.45, 2.75) is 141 Å². The summed E-state index contributed by atoms with van der Waals surface area (Å²) < 4.78 is 0. The van der Waals surface area contributed by atoms with Crippen molar-refractivity contribution in [2.75, 3.05) is 24.6 Å². The molecule has 11 atom stereocenters. The molecule has 20 N–H and O–H groups in total. The summed E-state index contributed by atoms with van der Waals surface area (Å²) in [6.45, 7) is 9.39. The summed E-state index contributed by atoms with van der Waals surface area (Å²) in [7, 11) is 0. The molecule has 0 rings (SSSR count). The monoisotopic (exact) mass is 1020 g/mol. The molecule has 0 heterocycles. The van der Waals surface area contributed by atoms with E-state index in [4.69, 9.17) is 28.7 Å². The number of nitrogens with two attached hydrogens (primary N) is 5. The first-order valence-corrected chi connectivity index (χ1v) is 23.5. The van der Waals surface area contributed by atoms with Crippen LogP contribution in [0.25, 0.3) is 0 Å². The zero-order valence-electron chi connectivity index (χ0n) is 39.8. The minimum Gasteiger partial charge on any atom is -0.481 e. The van der Waals surface area contributed by atoms with E-state index in [0.717, 1.165) is 0 Å². The van der Waals surface area contributed by atoms with Gasteiger partial charge in [-0.25, -0.2) is 4.79 Å². The van der Waals surface area contributed by atoms with Gasteiger partial charge in [0, 0.05) is 24.6 Å². The van der Waals surface area contributed by atoms with E-state index >= 15 is 0 Å². The van der Waals surface area contributed by atoms with Crippen molar-refractivity contribution in [3.05, 3.63) is 0 Å². The van der Waals surface area contributed by atoms with Gasteiger partial charge in [-0.05, 0) is 51.4 Å². The van der Waals surface area contributed by atoms with Gasteiger partial charge in [-0.3, -0.25) is 53.1 Å². The lowest BCUT2D eigenvalue weighted by Gasteiger charge is -2.31. The standard InChI is InChI=1S/C40H73N15O12S2/c1-7-18(3)28(36(64)49-21(6)31(59)53-26(17-69)38(66)67)55-37(65)29(19(4)8-2)54-34(62)24(12-10-14-47-40(44)45)51-35(63)25(15-27(56)57)52-33(61)23(11-9-13-46-39(42)43)50-30(58)20(5)48-32(60)22(41)16-68/h18-26,28-29,68-69H,7-17,41H2,1-6H3,(H,48,60)(H,49,64)(H,50,58)(H,51,63)(H,52,61)(H,53,59)(H,54,62)(H,55,65)(H,56,57)(H,66,67)(H4,42,43,46)(H4,44,45,47)/t18-,19-,20-,21-,22-,23-,24-,25-,26-,28-,29-/m0/s1. The van der Waals surface area contributed by atoms with E-state index in [0.29, 0.717) is 12.8 Å². The quantitative estimate of drug-likeness (QED) is 0.0126. The number of thiol groups is 2. The van der Waals surface area contributed by atoms with Crippen molar-refractivity contribution in [1.29, 1.82) is 0 Å². The Kier molecular flexibility index (Phi) is 29.7.